The zero-order valence-corrected chi connectivity index (χ0v) is 11.5. The lowest BCUT2D eigenvalue weighted by Crippen LogP contribution is -2.42. The standard InChI is InChI=1S/C14H14N2O6/c17-13(10-5-6-12(22-10)16(19)20)15-8-14(18,9-3-4-9)11-2-1-7-21-11/h1-2,5-7,9,18H,3-4,8H2,(H,15,17). The Morgan fingerprint density at radius 2 is 2.23 bits per heavy atom. The monoisotopic (exact) mass is 306 g/mol. The molecule has 22 heavy (non-hydrogen) atoms. The van der Waals surface area contributed by atoms with E-state index in [2.05, 4.69) is 5.32 Å². The summed E-state index contributed by atoms with van der Waals surface area (Å²) in [5.41, 5.74) is -1.28. The molecule has 2 aromatic rings. The van der Waals surface area contributed by atoms with Gasteiger partial charge in [0.15, 0.2) is 5.76 Å². The summed E-state index contributed by atoms with van der Waals surface area (Å²) >= 11 is 0. The lowest BCUT2D eigenvalue weighted by molar-refractivity contribution is -0.402. The minimum Gasteiger partial charge on any atom is -0.466 e. The molecule has 0 spiro atoms. The summed E-state index contributed by atoms with van der Waals surface area (Å²) in [5, 5.41) is 23.8. The third-order valence-corrected chi connectivity index (χ3v) is 3.71. The van der Waals surface area contributed by atoms with Gasteiger partial charge in [-0.15, -0.1) is 0 Å². The molecule has 1 aliphatic carbocycles. The Morgan fingerprint density at radius 1 is 1.45 bits per heavy atom. The van der Waals surface area contributed by atoms with E-state index in [1.807, 2.05) is 0 Å². The molecule has 8 heteroatoms. The molecule has 2 heterocycles. The van der Waals surface area contributed by atoms with Crippen molar-refractivity contribution in [2.45, 2.75) is 18.4 Å². The van der Waals surface area contributed by atoms with Crippen molar-refractivity contribution >= 4 is 11.8 Å². The molecule has 2 N–H and O–H groups in total. The van der Waals surface area contributed by atoms with E-state index >= 15 is 0 Å². The number of hydrogen-bond donors (Lipinski definition) is 2. The van der Waals surface area contributed by atoms with Gasteiger partial charge in [0.1, 0.15) is 16.3 Å². The van der Waals surface area contributed by atoms with Crippen molar-refractivity contribution in [1.82, 2.24) is 5.32 Å². The minimum absolute atomic E-state index is 0.0184. The molecule has 8 nitrogen and oxygen atoms in total. The van der Waals surface area contributed by atoms with Crippen molar-refractivity contribution in [1.29, 1.82) is 0 Å². The van der Waals surface area contributed by atoms with E-state index in [-0.39, 0.29) is 18.2 Å². The molecule has 0 aliphatic heterocycles. The van der Waals surface area contributed by atoms with Crippen LogP contribution < -0.4 is 5.32 Å². The molecule has 1 saturated carbocycles. The number of nitro groups is 1. The van der Waals surface area contributed by atoms with Gasteiger partial charge in [-0.25, -0.2) is 0 Å². The maximum atomic E-state index is 12.0. The first-order valence-corrected chi connectivity index (χ1v) is 6.79. The second kappa shape index (κ2) is 5.30. The van der Waals surface area contributed by atoms with Crippen molar-refractivity contribution in [2.24, 2.45) is 5.92 Å². The molecule has 1 atom stereocenters. The molecule has 1 aliphatic rings. The third kappa shape index (κ3) is 2.60. The lowest BCUT2D eigenvalue weighted by Gasteiger charge is -2.26. The Kier molecular flexibility index (Phi) is 3.45. The summed E-state index contributed by atoms with van der Waals surface area (Å²) < 4.78 is 10.1. The van der Waals surface area contributed by atoms with Gasteiger partial charge in [0.25, 0.3) is 5.91 Å². The van der Waals surface area contributed by atoms with E-state index in [9.17, 15) is 20.0 Å². The van der Waals surface area contributed by atoms with Crippen LogP contribution in [0.5, 0.6) is 0 Å². The quantitative estimate of drug-likeness (QED) is 0.620. The van der Waals surface area contributed by atoms with Crippen molar-refractivity contribution < 1.29 is 23.7 Å². The fourth-order valence-electron chi connectivity index (χ4n) is 2.37. The van der Waals surface area contributed by atoms with Gasteiger partial charge in [-0.3, -0.25) is 14.9 Å². The summed E-state index contributed by atoms with van der Waals surface area (Å²) in [6, 6.07) is 5.65. The number of aliphatic hydroxyl groups is 1. The number of nitrogens with one attached hydrogen (secondary N) is 1. The molecule has 1 unspecified atom stereocenters. The average Bonchev–Trinajstić information content (AvgIpc) is 3.03. The molecule has 0 radical (unpaired) electrons. The Bertz CT molecular complexity index is 688. The second-order valence-corrected chi connectivity index (χ2v) is 5.25. The molecule has 0 saturated heterocycles. The predicted molar refractivity (Wildman–Crippen MR) is 73.0 cm³/mol. The maximum absolute atomic E-state index is 12.0. The lowest BCUT2D eigenvalue weighted by atomic mass is 9.94. The number of carbonyl (C=O) groups excluding carboxylic acids is 1. The average molecular weight is 306 g/mol. The van der Waals surface area contributed by atoms with E-state index in [0.717, 1.165) is 18.9 Å². The molecular weight excluding hydrogens is 292 g/mol. The van der Waals surface area contributed by atoms with Crippen LogP contribution in [0.25, 0.3) is 0 Å². The molecule has 0 bridgehead atoms. The van der Waals surface area contributed by atoms with Gasteiger partial charge in [0, 0.05) is 0 Å². The number of hydrogen-bond acceptors (Lipinski definition) is 6. The topological polar surface area (TPSA) is 119 Å². The predicted octanol–water partition coefficient (Wildman–Crippen LogP) is 1.81. The van der Waals surface area contributed by atoms with Crippen LogP contribution in [0.4, 0.5) is 5.88 Å². The Labute approximate surface area is 124 Å². The highest BCUT2D eigenvalue weighted by molar-refractivity contribution is 5.91. The van der Waals surface area contributed by atoms with E-state index in [1.54, 1.807) is 12.1 Å². The molecule has 0 aromatic carbocycles. The minimum atomic E-state index is -1.28. The SMILES string of the molecule is O=C(NCC(O)(c1ccco1)C1CC1)c1ccc([N+](=O)[O-])o1. The zero-order valence-electron chi connectivity index (χ0n) is 11.5. The normalized spacial score (nSPS) is 17.0. The smallest absolute Gasteiger partial charge is 0.433 e. The fraction of sp³-hybridized carbons (Fsp3) is 0.357. The van der Waals surface area contributed by atoms with E-state index in [4.69, 9.17) is 8.83 Å². The van der Waals surface area contributed by atoms with Gasteiger partial charge >= 0.3 is 5.88 Å². The van der Waals surface area contributed by atoms with Crippen molar-refractivity contribution in [3.63, 3.8) is 0 Å². The van der Waals surface area contributed by atoms with E-state index in [0.29, 0.717) is 5.76 Å². The number of rotatable bonds is 6. The number of nitrogens with zero attached hydrogens (tertiary/aromatic N) is 1. The summed E-state index contributed by atoms with van der Waals surface area (Å²) in [5.74, 6) is -0.901. The van der Waals surface area contributed by atoms with Crippen LogP contribution in [-0.2, 0) is 5.60 Å². The first kappa shape index (κ1) is 14.3. The Balaban J connectivity index is 1.69. The molecule has 116 valence electrons. The van der Waals surface area contributed by atoms with Crippen LogP contribution in [0.1, 0.15) is 29.2 Å². The largest absolute Gasteiger partial charge is 0.466 e. The highest BCUT2D eigenvalue weighted by atomic mass is 16.6. The van der Waals surface area contributed by atoms with Crippen LogP contribution in [0.2, 0.25) is 0 Å². The summed E-state index contributed by atoms with van der Waals surface area (Å²) in [6.45, 7) is -0.0570. The van der Waals surface area contributed by atoms with E-state index in [1.165, 1.54) is 12.3 Å². The first-order chi connectivity index (χ1) is 10.5. The van der Waals surface area contributed by atoms with Crippen molar-refractivity contribution in [3.8, 4) is 0 Å². The van der Waals surface area contributed by atoms with Crippen molar-refractivity contribution in [3.05, 3.63) is 52.2 Å². The molecule has 3 rings (SSSR count). The van der Waals surface area contributed by atoms with Gasteiger partial charge < -0.3 is 19.3 Å². The van der Waals surface area contributed by atoms with Gasteiger partial charge in [-0.05, 0) is 37.0 Å². The first-order valence-electron chi connectivity index (χ1n) is 6.79. The van der Waals surface area contributed by atoms with Gasteiger partial charge in [0.2, 0.25) is 0 Å². The van der Waals surface area contributed by atoms with Gasteiger partial charge in [0.05, 0.1) is 18.9 Å². The Morgan fingerprint density at radius 3 is 2.77 bits per heavy atom. The molecule has 1 amide bonds. The summed E-state index contributed by atoms with van der Waals surface area (Å²) in [7, 11) is 0. The molecule has 2 aromatic heterocycles. The van der Waals surface area contributed by atoms with Crippen LogP contribution >= 0.6 is 0 Å². The fourth-order valence-corrected chi connectivity index (χ4v) is 2.37. The van der Waals surface area contributed by atoms with Crippen LogP contribution in [-0.4, -0.2) is 22.5 Å². The molecule has 1 fully saturated rings. The van der Waals surface area contributed by atoms with Gasteiger partial charge in [-0.1, -0.05) is 0 Å². The summed E-state index contributed by atoms with van der Waals surface area (Å²) in [6.07, 6.45) is 3.15. The third-order valence-electron chi connectivity index (χ3n) is 3.71. The molecular formula is C14H14N2O6. The zero-order chi connectivity index (χ0) is 15.7. The second-order valence-electron chi connectivity index (χ2n) is 5.25. The van der Waals surface area contributed by atoms with Crippen LogP contribution in [0.3, 0.4) is 0 Å². The van der Waals surface area contributed by atoms with Gasteiger partial charge in [-0.2, -0.15) is 0 Å². The maximum Gasteiger partial charge on any atom is 0.433 e. The van der Waals surface area contributed by atoms with Crippen molar-refractivity contribution in [2.75, 3.05) is 6.54 Å². The number of carbonyl (C=O) groups is 1. The number of furan rings is 2. The summed E-state index contributed by atoms with van der Waals surface area (Å²) in [4.78, 5) is 21.8. The van der Waals surface area contributed by atoms with E-state index < -0.39 is 22.3 Å². The van der Waals surface area contributed by atoms with Crippen LogP contribution in [0, 0.1) is 16.0 Å². The number of amides is 1. The highest BCUT2D eigenvalue weighted by Gasteiger charge is 2.47. The highest BCUT2D eigenvalue weighted by Crippen LogP contribution is 2.45. The Hall–Kier alpha value is -2.61. The van der Waals surface area contributed by atoms with Crippen LogP contribution in [0.15, 0.2) is 39.4 Å².